The van der Waals surface area contributed by atoms with Crippen LogP contribution in [0.3, 0.4) is 0 Å². The monoisotopic (exact) mass is 217 g/mol. The molecule has 1 aliphatic rings. The van der Waals surface area contributed by atoms with Crippen LogP contribution in [0.5, 0.6) is 0 Å². The summed E-state index contributed by atoms with van der Waals surface area (Å²) in [6, 6.07) is 10.4. The zero-order valence-electron chi connectivity index (χ0n) is 10.0. The van der Waals surface area contributed by atoms with Gasteiger partial charge < -0.3 is 0 Å². The number of hydrogen-bond donors (Lipinski definition) is 0. The van der Waals surface area contributed by atoms with Gasteiger partial charge in [0.1, 0.15) is 5.78 Å². The summed E-state index contributed by atoms with van der Waals surface area (Å²) in [5.74, 6) is 0.877. The molecule has 0 N–H and O–H groups in total. The molecular weight excluding hydrogens is 198 g/mol. The van der Waals surface area contributed by atoms with E-state index in [0.29, 0.717) is 11.7 Å². The SMILES string of the molecule is CC1CC(=O)C(C)N(Cc2ccccc2)C1. The smallest absolute Gasteiger partial charge is 0.150 e. The molecule has 0 bridgehead atoms. The average Bonchev–Trinajstić information content (AvgIpc) is 2.27. The zero-order valence-corrected chi connectivity index (χ0v) is 10.0. The summed E-state index contributed by atoms with van der Waals surface area (Å²) >= 11 is 0. The maximum Gasteiger partial charge on any atom is 0.150 e. The van der Waals surface area contributed by atoms with Gasteiger partial charge in [0, 0.05) is 19.5 Å². The summed E-state index contributed by atoms with van der Waals surface area (Å²) in [5, 5.41) is 0. The van der Waals surface area contributed by atoms with E-state index in [0.717, 1.165) is 19.5 Å². The van der Waals surface area contributed by atoms with Crippen LogP contribution in [0.4, 0.5) is 0 Å². The number of likely N-dealkylation sites (tertiary alicyclic amines) is 1. The summed E-state index contributed by atoms with van der Waals surface area (Å²) in [5.41, 5.74) is 1.29. The Balaban J connectivity index is 2.06. The van der Waals surface area contributed by atoms with E-state index >= 15 is 0 Å². The number of carbonyl (C=O) groups excluding carboxylic acids is 1. The highest BCUT2D eigenvalue weighted by Gasteiger charge is 2.29. The van der Waals surface area contributed by atoms with Gasteiger partial charge in [0.05, 0.1) is 6.04 Å². The predicted octanol–water partition coefficient (Wildman–Crippen LogP) is 2.49. The van der Waals surface area contributed by atoms with Crippen LogP contribution in [-0.4, -0.2) is 23.3 Å². The molecule has 2 heteroatoms. The van der Waals surface area contributed by atoms with Crippen LogP contribution >= 0.6 is 0 Å². The molecule has 1 fully saturated rings. The van der Waals surface area contributed by atoms with Crippen LogP contribution in [-0.2, 0) is 11.3 Å². The Morgan fingerprint density at radius 2 is 1.94 bits per heavy atom. The van der Waals surface area contributed by atoms with Crippen molar-refractivity contribution in [3.8, 4) is 0 Å². The lowest BCUT2D eigenvalue weighted by molar-refractivity contribution is -0.128. The van der Waals surface area contributed by atoms with Gasteiger partial charge in [-0.25, -0.2) is 0 Å². The number of piperidine rings is 1. The summed E-state index contributed by atoms with van der Waals surface area (Å²) in [6.45, 7) is 6.10. The van der Waals surface area contributed by atoms with Gasteiger partial charge in [-0.15, -0.1) is 0 Å². The number of rotatable bonds is 2. The second-order valence-electron chi connectivity index (χ2n) is 4.87. The van der Waals surface area contributed by atoms with Crippen molar-refractivity contribution in [2.45, 2.75) is 32.9 Å². The number of nitrogens with zero attached hydrogens (tertiary/aromatic N) is 1. The third-order valence-electron chi connectivity index (χ3n) is 3.34. The topological polar surface area (TPSA) is 20.3 Å². The van der Waals surface area contributed by atoms with Crippen molar-refractivity contribution in [3.05, 3.63) is 35.9 Å². The van der Waals surface area contributed by atoms with E-state index in [1.165, 1.54) is 5.56 Å². The predicted molar refractivity (Wildman–Crippen MR) is 65.1 cm³/mol. The van der Waals surface area contributed by atoms with Crippen molar-refractivity contribution in [3.63, 3.8) is 0 Å². The summed E-state index contributed by atoms with van der Waals surface area (Å²) in [4.78, 5) is 14.0. The van der Waals surface area contributed by atoms with Crippen molar-refractivity contribution < 1.29 is 4.79 Å². The molecule has 0 aromatic heterocycles. The standard InChI is InChI=1S/C14H19NO/c1-11-8-14(16)12(2)15(9-11)10-13-6-4-3-5-7-13/h3-7,11-12H,8-10H2,1-2H3. The molecule has 1 aromatic carbocycles. The van der Waals surface area contributed by atoms with Crippen molar-refractivity contribution in [2.24, 2.45) is 5.92 Å². The second-order valence-corrected chi connectivity index (χ2v) is 4.87. The largest absolute Gasteiger partial charge is 0.298 e. The first-order valence-corrected chi connectivity index (χ1v) is 5.97. The third-order valence-corrected chi connectivity index (χ3v) is 3.34. The Labute approximate surface area is 97.3 Å². The van der Waals surface area contributed by atoms with E-state index < -0.39 is 0 Å². The van der Waals surface area contributed by atoms with Crippen molar-refractivity contribution >= 4 is 5.78 Å². The van der Waals surface area contributed by atoms with Gasteiger partial charge in [-0.05, 0) is 18.4 Å². The molecule has 1 saturated heterocycles. The number of benzene rings is 1. The fraction of sp³-hybridized carbons (Fsp3) is 0.500. The molecule has 1 aromatic rings. The van der Waals surface area contributed by atoms with E-state index in [9.17, 15) is 4.79 Å². The van der Waals surface area contributed by atoms with Crippen LogP contribution in [0.2, 0.25) is 0 Å². The van der Waals surface area contributed by atoms with Crippen LogP contribution < -0.4 is 0 Å². The Morgan fingerprint density at radius 3 is 2.62 bits per heavy atom. The molecule has 1 heterocycles. The molecule has 2 unspecified atom stereocenters. The summed E-state index contributed by atoms with van der Waals surface area (Å²) in [7, 11) is 0. The van der Waals surface area contributed by atoms with Crippen LogP contribution in [0.15, 0.2) is 30.3 Å². The van der Waals surface area contributed by atoms with Crippen LogP contribution in [0.25, 0.3) is 0 Å². The Bertz CT molecular complexity index is 360. The maximum absolute atomic E-state index is 11.8. The average molecular weight is 217 g/mol. The quantitative estimate of drug-likeness (QED) is 0.758. The molecule has 0 radical (unpaired) electrons. The van der Waals surface area contributed by atoms with E-state index in [2.05, 4.69) is 36.1 Å². The zero-order chi connectivity index (χ0) is 11.5. The van der Waals surface area contributed by atoms with Crippen LogP contribution in [0, 0.1) is 5.92 Å². The van der Waals surface area contributed by atoms with Crippen molar-refractivity contribution in [2.75, 3.05) is 6.54 Å². The Hall–Kier alpha value is -1.15. The first kappa shape index (κ1) is 11.3. The van der Waals surface area contributed by atoms with E-state index in [-0.39, 0.29) is 6.04 Å². The fourth-order valence-electron chi connectivity index (χ4n) is 2.36. The lowest BCUT2D eigenvalue weighted by Crippen LogP contribution is -2.46. The van der Waals surface area contributed by atoms with E-state index in [4.69, 9.17) is 0 Å². The Morgan fingerprint density at radius 1 is 1.25 bits per heavy atom. The Kier molecular flexibility index (Phi) is 3.39. The second kappa shape index (κ2) is 4.79. The summed E-state index contributed by atoms with van der Waals surface area (Å²) < 4.78 is 0. The molecule has 0 saturated carbocycles. The molecule has 2 atom stereocenters. The van der Waals surface area contributed by atoms with E-state index in [1.54, 1.807) is 0 Å². The number of carbonyl (C=O) groups is 1. The van der Waals surface area contributed by atoms with Gasteiger partial charge >= 0.3 is 0 Å². The summed E-state index contributed by atoms with van der Waals surface area (Å²) in [6.07, 6.45) is 0.743. The van der Waals surface area contributed by atoms with Gasteiger partial charge in [-0.2, -0.15) is 0 Å². The molecule has 2 rings (SSSR count). The molecule has 16 heavy (non-hydrogen) atoms. The van der Waals surface area contributed by atoms with Crippen LogP contribution in [0.1, 0.15) is 25.8 Å². The highest BCUT2D eigenvalue weighted by molar-refractivity contribution is 5.84. The molecule has 0 spiro atoms. The molecule has 0 aliphatic carbocycles. The highest BCUT2D eigenvalue weighted by atomic mass is 16.1. The highest BCUT2D eigenvalue weighted by Crippen LogP contribution is 2.20. The molecule has 1 aliphatic heterocycles. The molecule has 0 amide bonds. The van der Waals surface area contributed by atoms with Crippen molar-refractivity contribution in [1.29, 1.82) is 0 Å². The number of ketones is 1. The third kappa shape index (κ3) is 2.50. The molecular formula is C14H19NO. The number of Topliss-reactive ketones (excluding diaryl/α,β-unsaturated/α-hetero) is 1. The first-order chi connectivity index (χ1) is 7.66. The fourth-order valence-corrected chi connectivity index (χ4v) is 2.36. The maximum atomic E-state index is 11.8. The minimum atomic E-state index is 0.0800. The normalized spacial score (nSPS) is 27.0. The minimum Gasteiger partial charge on any atom is -0.298 e. The lowest BCUT2D eigenvalue weighted by Gasteiger charge is -2.35. The lowest BCUT2D eigenvalue weighted by atomic mass is 9.93. The number of hydrogen-bond acceptors (Lipinski definition) is 2. The van der Waals surface area contributed by atoms with Gasteiger partial charge in [0.15, 0.2) is 0 Å². The first-order valence-electron chi connectivity index (χ1n) is 5.97. The van der Waals surface area contributed by atoms with Gasteiger partial charge in [-0.3, -0.25) is 9.69 Å². The van der Waals surface area contributed by atoms with Gasteiger partial charge in [0.2, 0.25) is 0 Å². The van der Waals surface area contributed by atoms with Gasteiger partial charge in [0.25, 0.3) is 0 Å². The van der Waals surface area contributed by atoms with Gasteiger partial charge in [-0.1, -0.05) is 37.3 Å². The minimum absolute atomic E-state index is 0.0800. The van der Waals surface area contributed by atoms with E-state index in [1.807, 2.05) is 13.0 Å². The molecule has 2 nitrogen and oxygen atoms in total. The van der Waals surface area contributed by atoms with Crippen molar-refractivity contribution in [1.82, 2.24) is 4.90 Å². The molecule has 86 valence electrons.